The van der Waals surface area contributed by atoms with Crippen LogP contribution in [-0.2, 0) is 11.3 Å². The summed E-state index contributed by atoms with van der Waals surface area (Å²) < 4.78 is 11.1. The van der Waals surface area contributed by atoms with Crippen molar-refractivity contribution in [2.45, 2.75) is 20.5 Å². The fourth-order valence-electron chi connectivity index (χ4n) is 4.46. The molecular weight excluding hydrogens is 598 g/mol. The minimum absolute atomic E-state index is 0.0185. The first-order valence-corrected chi connectivity index (χ1v) is 14.6. The number of nitrogens with zero attached hydrogens (tertiary/aromatic N) is 3. The molecule has 4 rings (SSSR count). The second kappa shape index (κ2) is 15.7. The zero-order chi connectivity index (χ0) is 33.9. The van der Waals surface area contributed by atoms with Gasteiger partial charge in [0.25, 0.3) is 5.91 Å². The van der Waals surface area contributed by atoms with Crippen LogP contribution in [0, 0.1) is 0 Å². The number of ether oxygens (including phenoxy) is 2. The number of carboxylic acids is 1. The van der Waals surface area contributed by atoms with Crippen molar-refractivity contribution in [3.8, 4) is 17.3 Å². The van der Waals surface area contributed by atoms with E-state index in [9.17, 15) is 24.3 Å². The number of aromatic nitrogens is 2. The molecule has 1 heterocycles. The third-order valence-corrected chi connectivity index (χ3v) is 7.01. The Kier molecular flexibility index (Phi) is 11.3. The summed E-state index contributed by atoms with van der Waals surface area (Å²) in [4.78, 5) is 58.9. The molecule has 4 aromatic rings. The lowest BCUT2D eigenvalue weighted by Gasteiger charge is -2.19. The highest BCUT2D eigenvalue weighted by Gasteiger charge is 2.19. The lowest BCUT2D eigenvalue weighted by Crippen LogP contribution is -2.27. The highest BCUT2D eigenvalue weighted by Crippen LogP contribution is 2.27. The van der Waals surface area contributed by atoms with Crippen molar-refractivity contribution < 1.29 is 33.8 Å². The van der Waals surface area contributed by atoms with Crippen molar-refractivity contribution in [1.82, 2.24) is 9.97 Å². The molecule has 0 saturated heterocycles. The monoisotopic (exact) mass is 631 g/mol. The zero-order valence-corrected chi connectivity index (χ0v) is 26.2. The van der Waals surface area contributed by atoms with Crippen LogP contribution in [0.25, 0.3) is 17.0 Å². The van der Waals surface area contributed by atoms with Gasteiger partial charge in [-0.3, -0.25) is 9.59 Å². The summed E-state index contributed by atoms with van der Waals surface area (Å²) in [7, 11) is 1.56. The first-order valence-electron chi connectivity index (χ1n) is 14.6. The second-order valence-corrected chi connectivity index (χ2v) is 10.1. The average Bonchev–Trinajstić information content (AvgIpc) is 3.10. The molecule has 0 aliphatic carbocycles. The molecule has 1 N–H and O–H groups in total. The van der Waals surface area contributed by atoms with E-state index in [1.807, 2.05) is 25.2 Å². The number of hydrogen-bond donors (Lipinski definition) is 1. The lowest BCUT2D eigenvalue weighted by atomic mass is 10.0. The predicted octanol–water partition coefficient (Wildman–Crippen LogP) is 6.83. The van der Waals surface area contributed by atoms with Crippen molar-refractivity contribution in [2.75, 3.05) is 18.6 Å². The fourth-order valence-corrected chi connectivity index (χ4v) is 4.46. The molecule has 47 heavy (non-hydrogen) atoms. The van der Waals surface area contributed by atoms with E-state index in [-0.39, 0.29) is 23.3 Å². The average molecular weight is 632 g/mol. The number of esters is 1. The second-order valence-electron chi connectivity index (χ2n) is 10.1. The van der Waals surface area contributed by atoms with E-state index in [4.69, 9.17) is 14.5 Å². The molecule has 0 unspecified atom stereocenters. The van der Waals surface area contributed by atoms with Crippen molar-refractivity contribution in [3.63, 3.8) is 0 Å². The van der Waals surface area contributed by atoms with E-state index in [1.165, 1.54) is 23.1 Å². The minimum atomic E-state index is -1.20. The van der Waals surface area contributed by atoms with Gasteiger partial charge in [0.15, 0.2) is 12.1 Å². The summed E-state index contributed by atoms with van der Waals surface area (Å²) in [5.74, 6) is -1.38. The number of benzene rings is 3. The molecule has 3 aromatic carbocycles. The van der Waals surface area contributed by atoms with Gasteiger partial charge in [0.05, 0.1) is 29.0 Å². The molecule has 0 fully saturated rings. The molecule has 0 radical (unpaired) electrons. The van der Waals surface area contributed by atoms with E-state index in [0.717, 1.165) is 11.1 Å². The van der Waals surface area contributed by atoms with Crippen molar-refractivity contribution in [1.29, 1.82) is 0 Å². The standard InChI is InChI=1S/C37H33N3O7/c1-5-8-9-25(6-2)32-21-33(47-23-24-10-12-27(13-11-24)37(45)46-7-3)39-34(38-32)26-14-17-30(18-15-26)40(4)35(42)31-19-16-28(36(43)44)20-29(31)22-41/h5-6,8-22H,2,7,23H2,1,3-4H3,(H,43,44)/b8-5-,25-9+. The van der Waals surface area contributed by atoms with Gasteiger partial charge in [-0.1, -0.05) is 43.0 Å². The third kappa shape index (κ3) is 8.31. The van der Waals surface area contributed by atoms with Gasteiger partial charge in [0.1, 0.15) is 6.61 Å². The number of carboxylic acid groups (broad SMARTS) is 1. The Morgan fingerprint density at radius 1 is 0.957 bits per heavy atom. The Hall–Kier alpha value is -6.16. The van der Waals surface area contributed by atoms with Crippen LogP contribution in [0.4, 0.5) is 5.69 Å². The van der Waals surface area contributed by atoms with Gasteiger partial charge in [-0.05, 0) is 79.6 Å². The molecule has 10 heteroatoms. The fraction of sp³-hybridized carbons (Fsp3) is 0.135. The Morgan fingerprint density at radius 3 is 2.28 bits per heavy atom. The van der Waals surface area contributed by atoms with Crippen LogP contribution in [-0.4, -0.2) is 52.9 Å². The van der Waals surface area contributed by atoms with E-state index in [2.05, 4.69) is 11.6 Å². The molecule has 1 amide bonds. The Labute approximate surface area is 272 Å². The van der Waals surface area contributed by atoms with Crippen LogP contribution >= 0.6 is 0 Å². The SMILES string of the molecule is C=C/C(=C\C=C/C)c1cc(OCc2ccc(C(=O)OCC)cc2)nc(-c2ccc(N(C)C(=O)c3ccc(C(=O)O)cc3C=O)cc2)n1. The molecule has 0 spiro atoms. The number of aldehydes is 1. The summed E-state index contributed by atoms with van der Waals surface area (Å²) in [5.41, 5.74) is 3.74. The Balaban J connectivity index is 1.62. The summed E-state index contributed by atoms with van der Waals surface area (Å²) in [5, 5.41) is 9.23. The number of carbonyl (C=O) groups is 4. The van der Waals surface area contributed by atoms with Crippen LogP contribution < -0.4 is 9.64 Å². The maximum atomic E-state index is 13.2. The van der Waals surface area contributed by atoms with Crippen LogP contribution in [0.3, 0.4) is 0 Å². The van der Waals surface area contributed by atoms with Crippen LogP contribution in [0.2, 0.25) is 0 Å². The van der Waals surface area contributed by atoms with Gasteiger partial charge >= 0.3 is 11.9 Å². The first-order chi connectivity index (χ1) is 22.7. The van der Waals surface area contributed by atoms with E-state index >= 15 is 0 Å². The summed E-state index contributed by atoms with van der Waals surface area (Å²) in [6.45, 7) is 8.05. The van der Waals surface area contributed by atoms with Crippen LogP contribution in [0.15, 0.2) is 104 Å². The van der Waals surface area contributed by atoms with E-state index < -0.39 is 17.8 Å². The maximum absolute atomic E-state index is 13.2. The molecule has 10 nitrogen and oxygen atoms in total. The molecule has 0 atom stereocenters. The number of amides is 1. The number of hydrogen-bond acceptors (Lipinski definition) is 8. The maximum Gasteiger partial charge on any atom is 0.338 e. The van der Waals surface area contributed by atoms with Gasteiger partial charge in [-0.15, -0.1) is 0 Å². The van der Waals surface area contributed by atoms with Gasteiger partial charge < -0.3 is 19.5 Å². The Morgan fingerprint density at radius 2 is 1.66 bits per heavy atom. The number of aromatic carboxylic acids is 1. The number of carbonyl (C=O) groups excluding carboxylic acids is 3. The van der Waals surface area contributed by atoms with E-state index in [0.29, 0.717) is 47.1 Å². The Bertz CT molecular complexity index is 1860. The molecule has 0 bridgehead atoms. The summed E-state index contributed by atoms with van der Waals surface area (Å²) >= 11 is 0. The smallest absolute Gasteiger partial charge is 0.338 e. The molecule has 0 aliphatic heterocycles. The number of anilines is 1. The minimum Gasteiger partial charge on any atom is -0.478 e. The molecular formula is C37H33N3O7. The molecule has 0 saturated carbocycles. The topological polar surface area (TPSA) is 136 Å². The quantitative estimate of drug-likeness (QED) is 0.0956. The lowest BCUT2D eigenvalue weighted by molar-refractivity contribution is 0.0525. The van der Waals surface area contributed by atoms with Crippen molar-refractivity contribution in [3.05, 3.63) is 137 Å². The van der Waals surface area contributed by atoms with Gasteiger partial charge in [-0.25, -0.2) is 14.6 Å². The third-order valence-electron chi connectivity index (χ3n) is 7.01. The van der Waals surface area contributed by atoms with Crippen LogP contribution in [0.5, 0.6) is 5.88 Å². The normalized spacial score (nSPS) is 11.2. The van der Waals surface area contributed by atoms with Crippen molar-refractivity contribution in [2.24, 2.45) is 0 Å². The van der Waals surface area contributed by atoms with Gasteiger partial charge in [0, 0.05) is 29.9 Å². The van der Waals surface area contributed by atoms with E-state index in [1.54, 1.807) is 74.6 Å². The van der Waals surface area contributed by atoms with Gasteiger partial charge in [0.2, 0.25) is 5.88 Å². The number of rotatable bonds is 13. The highest BCUT2D eigenvalue weighted by atomic mass is 16.5. The summed E-state index contributed by atoms with van der Waals surface area (Å²) in [6, 6.07) is 19.4. The van der Waals surface area contributed by atoms with Crippen molar-refractivity contribution >= 4 is 35.4 Å². The van der Waals surface area contributed by atoms with Gasteiger partial charge in [-0.2, -0.15) is 4.98 Å². The largest absolute Gasteiger partial charge is 0.478 e. The molecule has 0 aliphatic rings. The first kappa shape index (κ1) is 33.7. The number of allylic oxidation sites excluding steroid dienone is 5. The predicted molar refractivity (Wildman–Crippen MR) is 179 cm³/mol. The molecule has 238 valence electrons. The molecule has 1 aromatic heterocycles. The van der Waals surface area contributed by atoms with Crippen LogP contribution in [0.1, 0.15) is 66.5 Å². The highest BCUT2D eigenvalue weighted by molar-refractivity contribution is 6.10. The zero-order valence-electron chi connectivity index (χ0n) is 26.2. The summed E-state index contributed by atoms with van der Waals surface area (Å²) in [6.07, 6.45) is 7.78.